The average molecular weight is 149 g/mol. The molecule has 0 aliphatic carbocycles. The van der Waals surface area contributed by atoms with Gasteiger partial charge in [-0.25, -0.2) is 0 Å². The van der Waals surface area contributed by atoms with Crippen LogP contribution in [0.4, 0.5) is 0 Å². The van der Waals surface area contributed by atoms with E-state index in [0.717, 1.165) is 0 Å². The lowest BCUT2D eigenvalue weighted by Crippen LogP contribution is -1.92. The van der Waals surface area contributed by atoms with Crippen LogP contribution < -0.4 is 4.74 Å². The van der Waals surface area contributed by atoms with E-state index in [9.17, 15) is 9.59 Å². The zero-order valence-electron chi connectivity index (χ0n) is 5.61. The second kappa shape index (κ2) is 3.51. The summed E-state index contributed by atoms with van der Waals surface area (Å²) in [6.45, 7) is 0.274. The first kappa shape index (κ1) is 7.47. The Labute approximate surface area is 63.6 Å². The average Bonchev–Trinajstić information content (AvgIpc) is 2.06. The maximum absolute atomic E-state index is 10.2. The molecule has 0 atom stereocenters. The summed E-state index contributed by atoms with van der Waals surface area (Å²) in [6, 6.07) is 6.37. The quantitative estimate of drug-likeness (QED) is 0.593. The van der Waals surface area contributed by atoms with E-state index in [4.69, 9.17) is 0 Å². The summed E-state index contributed by atoms with van der Waals surface area (Å²) in [5.74, 6) is 0.234. The molecule has 0 N–H and O–H groups in total. The fraction of sp³-hybridized carbons (Fsp3) is 0. The van der Waals surface area contributed by atoms with Gasteiger partial charge in [0.25, 0.3) is 6.47 Å². The molecule has 0 heterocycles. The highest BCUT2D eigenvalue weighted by atomic mass is 16.5. The van der Waals surface area contributed by atoms with Gasteiger partial charge in [0.1, 0.15) is 5.75 Å². The van der Waals surface area contributed by atoms with Gasteiger partial charge in [-0.1, -0.05) is 12.1 Å². The van der Waals surface area contributed by atoms with E-state index >= 15 is 0 Å². The van der Waals surface area contributed by atoms with Gasteiger partial charge in [-0.15, -0.1) is 0 Å². The van der Waals surface area contributed by atoms with Gasteiger partial charge in [0.15, 0.2) is 0 Å². The maximum Gasteiger partial charge on any atom is 0.298 e. The normalized spacial score (nSPS) is 8.73. The van der Waals surface area contributed by atoms with Gasteiger partial charge >= 0.3 is 0 Å². The lowest BCUT2D eigenvalue weighted by Gasteiger charge is -1.97. The van der Waals surface area contributed by atoms with Crippen LogP contribution in [0.1, 0.15) is 5.56 Å². The molecular formula is C8H5O3. The Balaban J connectivity index is 3.01. The van der Waals surface area contributed by atoms with Crippen LogP contribution in [-0.4, -0.2) is 12.8 Å². The van der Waals surface area contributed by atoms with Gasteiger partial charge < -0.3 is 4.74 Å². The van der Waals surface area contributed by atoms with E-state index < -0.39 is 0 Å². The Hall–Kier alpha value is -1.64. The Morgan fingerprint density at radius 3 is 2.73 bits per heavy atom. The minimum Gasteiger partial charge on any atom is -0.428 e. The van der Waals surface area contributed by atoms with E-state index in [1.54, 1.807) is 18.4 Å². The third kappa shape index (κ3) is 1.64. The first-order valence-electron chi connectivity index (χ1n) is 2.96. The second-order valence-electron chi connectivity index (χ2n) is 1.81. The predicted molar refractivity (Wildman–Crippen MR) is 37.9 cm³/mol. The molecule has 0 aliphatic heterocycles. The third-order valence-corrected chi connectivity index (χ3v) is 1.17. The van der Waals surface area contributed by atoms with Crippen molar-refractivity contribution in [3.05, 3.63) is 29.8 Å². The van der Waals surface area contributed by atoms with Gasteiger partial charge in [0, 0.05) is 0 Å². The van der Waals surface area contributed by atoms with E-state index in [0.29, 0.717) is 0 Å². The fourth-order valence-electron chi connectivity index (χ4n) is 0.706. The van der Waals surface area contributed by atoms with E-state index in [-0.39, 0.29) is 17.8 Å². The smallest absolute Gasteiger partial charge is 0.298 e. The summed E-state index contributed by atoms with van der Waals surface area (Å²) >= 11 is 0. The van der Waals surface area contributed by atoms with Crippen molar-refractivity contribution in [2.45, 2.75) is 0 Å². The number of hydrogen-bond donors (Lipinski definition) is 0. The van der Waals surface area contributed by atoms with Gasteiger partial charge in [0.05, 0.1) is 5.56 Å². The maximum atomic E-state index is 10.2. The number of carbonyl (C=O) groups excluding carboxylic acids is 2. The van der Waals surface area contributed by atoms with Crippen molar-refractivity contribution in [1.29, 1.82) is 0 Å². The molecule has 0 bridgehead atoms. The highest BCUT2D eigenvalue weighted by Crippen LogP contribution is 2.13. The molecule has 1 aromatic carbocycles. The predicted octanol–water partition coefficient (Wildman–Crippen LogP) is 0.680. The van der Waals surface area contributed by atoms with E-state index in [1.807, 2.05) is 0 Å². The number of hydrogen-bond acceptors (Lipinski definition) is 3. The Bertz CT molecular complexity index is 268. The largest absolute Gasteiger partial charge is 0.428 e. The second-order valence-corrected chi connectivity index (χ2v) is 1.81. The van der Waals surface area contributed by atoms with Crippen LogP contribution in [0.3, 0.4) is 0 Å². The van der Waals surface area contributed by atoms with E-state index in [2.05, 4.69) is 4.74 Å². The number of carbonyl (C=O) groups is 1. The summed E-state index contributed by atoms with van der Waals surface area (Å²) < 4.78 is 4.48. The molecule has 3 nitrogen and oxygen atoms in total. The topological polar surface area (TPSA) is 43.4 Å². The molecule has 0 amide bonds. The Morgan fingerprint density at radius 2 is 2.09 bits per heavy atom. The van der Waals surface area contributed by atoms with Crippen LogP contribution in [0.5, 0.6) is 5.75 Å². The fourth-order valence-corrected chi connectivity index (χ4v) is 0.706. The molecule has 0 saturated carbocycles. The molecule has 0 aliphatic rings. The lowest BCUT2D eigenvalue weighted by molar-refractivity contribution is -0.120. The number of rotatable bonds is 3. The molecule has 0 fully saturated rings. The van der Waals surface area contributed by atoms with Crippen LogP contribution in [0.25, 0.3) is 0 Å². The molecular weight excluding hydrogens is 144 g/mol. The van der Waals surface area contributed by atoms with Gasteiger partial charge in [-0.05, 0) is 12.1 Å². The number of para-hydroxylation sites is 1. The zero-order valence-corrected chi connectivity index (χ0v) is 5.61. The molecule has 55 valence electrons. The molecule has 0 saturated heterocycles. The molecule has 1 radical (unpaired) electrons. The van der Waals surface area contributed by atoms with Crippen molar-refractivity contribution in [1.82, 2.24) is 0 Å². The summed E-state index contributed by atoms with van der Waals surface area (Å²) in [7, 11) is 0. The van der Waals surface area contributed by atoms with Crippen LogP contribution in [0.15, 0.2) is 24.3 Å². The minimum absolute atomic E-state index is 0.234. The van der Waals surface area contributed by atoms with Crippen molar-refractivity contribution < 1.29 is 14.3 Å². The van der Waals surface area contributed by atoms with Gasteiger partial charge in [-0.3, -0.25) is 9.59 Å². The third-order valence-electron chi connectivity index (χ3n) is 1.17. The molecule has 1 aromatic rings. The Morgan fingerprint density at radius 1 is 1.36 bits per heavy atom. The molecule has 0 spiro atoms. The highest BCUT2D eigenvalue weighted by molar-refractivity contribution is 5.80. The van der Waals surface area contributed by atoms with Crippen LogP contribution in [0, 0.1) is 0 Å². The molecule has 11 heavy (non-hydrogen) atoms. The lowest BCUT2D eigenvalue weighted by atomic mass is 10.2. The SMILES string of the molecule is O=[C]c1ccccc1OC=O. The molecule has 0 unspecified atom stereocenters. The number of ether oxygens (including phenoxy) is 1. The highest BCUT2D eigenvalue weighted by Gasteiger charge is 1.99. The van der Waals surface area contributed by atoms with E-state index in [1.165, 1.54) is 12.1 Å². The molecule has 0 aromatic heterocycles. The molecule has 3 heteroatoms. The van der Waals surface area contributed by atoms with Crippen molar-refractivity contribution in [2.24, 2.45) is 0 Å². The van der Waals surface area contributed by atoms with Gasteiger partial charge in [-0.2, -0.15) is 0 Å². The summed E-state index contributed by atoms with van der Waals surface area (Å²) in [6.07, 6.45) is 1.65. The Kier molecular flexibility index (Phi) is 2.38. The van der Waals surface area contributed by atoms with Gasteiger partial charge in [0.2, 0.25) is 6.29 Å². The van der Waals surface area contributed by atoms with Crippen LogP contribution >= 0.6 is 0 Å². The monoisotopic (exact) mass is 149 g/mol. The van der Waals surface area contributed by atoms with Crippen molar-refractivity contribution >= 4 is 12.8 Å². The molecule has 1 rings (SSSR count). The zero-order chi connectivity index (χ0) is 8.10. The van der Waals surface area contributed by atoms with Crippen LogP contribution in [-0.2, 0) is 9.59 Å². The summed E-state index contributed by atoms with van der Waals surface area (Å²) in [4.78, 5) is 20.1. The summed E-state index contributed by atoms with van der Waals surface area (Å²) in [5.41, 5.74) is 0.250. The first-order chi connectivity index (χ1) is 5.38. The standard InChI is InChI=1S/C8H5O3/c9-5-7-3-1-2-4-8(7)11-6-10/h1-4,6H. The van der Waals surface area contributed by atoms with Crippen molar-refractivity contribution in [2.75, 3.05) is 0 Å². The van der Waals surface area contributed by atoms with Crippen molar-refractivity contribution in [3.8, 4) is 5.75 Å². The van der Waals surface area contributed by atoms with Crippen molar-refractivity contribution in [3.63, 3.8) is 0 Å². The van der Waals surface area contributed by atoms with Crippen LogP contribution in [0.2, 0.25) is 0 Å². The number of benzene rings is 1. The minimum atomic E-state index is 0.234. The summed E-state index contributed by atoms with van der Waals surface area (Å²) in [5, 5.41) is 0. The first-order valence-corrected chi connectivity index (χ1v) is 2.96.